The van der Waals surface area contributed by atoms with Crippen molar-refractivity contribution in [1.29, 1.82) is 0 Å². The molecule has 0 unspecified atom stereocenters. The Kier molecular flexibility index (Phi) is 4.28. The molecule has 88 valence electrons. The van der Waals surface area contributed by atoms with Crippen LogP contribution in [-0.4, -0.2) is 29.1 Å². The Labute approximate surface area is 95.9 Å². The lowest BCUT2D eigenvalue weighted by Crippen LogP contribution is -2.31. The van der Waals surface area contributed by atoms with Gasteiger partial charge in [0.15, 0.2) is 0 Å². The summed E-state index contributed by atoms with van der Waals surface area (Å²) >= 11 is 0. The van der Waals surface area contributed by atoms with Gasteiger partial charge < -0.3 is 10.0 Å². The molecule has 0 saturated carbocycles. The van der Waals surface area contributed by atoms with Crippen molar-refractivity contribution in [2.45, 2.75) is 32.7 Å². The zero-order valence-corrected chi connectivity index (χ0v) is 9.97. The van der Waals surface area contributed by atoms with E-state index in [9.17, 15) is 4.79 Å². The van der Waals surface area contributed by atoms with Gasteiger partial charge in [-0.2, -0.15) is 0 Å². The van der Waals surface area contributed by atoms with E-state index in [4.69, 9.17) is 5.11 Å². The molecular weight excluding hydrogens is 204 g/mol. The van der Waals surface area contributed by atoms with Crippen LogP contribution in [0.25, 0.3) is 0 Å². The summed E-state index contributed by atoms with van der Waals surface area (Å²) in [4.78, 5) is 17.1. The monoisotopic (exact) mass is 222 g/mol. The second-order valence-corrected chi connectivity index (χ2v) is 3.78. The van der Waals surface area contributed by atoms with Gasteiger partial charge in [0, 0.05) is 19.3 Å². The Morgan fingerprint density at radius 1 is 1.50 bits per heavy atom. The van der Waals surface area contributed by atoms with Crippen LogP contribution in [0, 0.1) is 0 Å². The molecule has 1 N–H and O–H groups in total. The maximum absolute atomic E-state index is 11.1. The van der Waals surface area contributed by atoms with E-state index < -0.39 is 5.97 Å². The largest absolute Gasteiger partial charge is 0.478 e. The predicted molar refractivity (Wildman–Crippen MR) is 64.0 cm³/mol. The fraction of sp³-hybridized carbons (Fsp3) is 0.500. The van der Waals surface area contributed by atoms with Crippen LogP contribution < -0.4 is 4.90 Å². The van der Waals surface area contributed by atoms with E-state index in [0.717, 1.165) is 12.8 Å². The van der Waals surface area contributed by atoms with Crippen molar-refractivity contribution in [3.63, 3.8) is 0 Å². The van der Waals surface area contributed by atoms with Crippen LogP contribution in [0.1, 0.15) is 37.0 Å². The van der Waals surface area contributed by atoms with Gasteiger partial charge in [0.1, 0.15) is 0 Å². The van der Waals surface area contributed by atoms with Gasteiger partial charge in [-0.25, -0.2) is 4.79 Å². The summed E-state index contributed by atoms with van der Waals surface area (Å²) < 4.78 is 0. The molecular formula is C12H18N2O2. The van der Waals surface area contributed by atoms with Gasteiger partial charge in [-0.1, -0.05) is 13.8 Å². The quantitative estimate of drug-likeness (QED) is 0.831. The van der Waals surface area contributed by atoms with E-state index in [1.165, 1.54) is 12.3 Å². The lowest BCUT2D eigenvalue weighted by Gasteiger charge is -2.29. The SMILES string of the molecule is CCC(CC)N(C)c1cnccc1C(=O)O. The number of hydrogen-bond acceptors (Lipinski definition) is 3. The Hall–Kier alpha value is -1.58. The van der Waals surface area contributed by atoms with E-state index in [1.807, 2.05) is 11.9 Å². The van der Waals surface area contributed by atoms with Crippen molar-refractivity contribution < 1.29 is 9.90 Å². The second-order valence-electron chi connectivity index (χ2n) is 3.78. The molecule has 0 aromatic carbocycles. The van der Waals surface area contributed by atoms with Crippen LogP contribution >= 0.6 is 0 Å². The molecule has 0 bridgehead atoms. The van der Waals surface area contributed by atoms with Crippen LogP contribution in [0.4, 0.5) is 5.69 Å². The fourth-order valence-electron chi connectivity index (χ4n) is 1.88. The lowest BCUT2D eigenvalue weighted by atomic mass is 10.1. The molecule has 0 spiro atoms. The highest BCUT2D eigenvalue weighted by molar-refractivity contribution is 5.94. The van der Waals surface area contributed by atoms with Crippen LogP contribution in [0.2, 0.25) is 0 Å². The first-order chi connectivity index (χ1) is 7.61. The number of carboxylic acids is 1. The number of carboxylic acid groups (broad SMARTS) is 1. The first-order valence-electron chi connectivity index (χ1n) is 5.51. The highest BCUT2D eigenvalue weighted by atomic mass is 16.4. The van der Waals surface area contributed by atoms with Crippen molar-refractivity contribution in [1.82, 2.24) is 4.98 Å². The Morgan fingerprint density at radius 3 is 2.62 bits per heavy atom. The normalized spacial score (nSPS) is 10.5. The summed E-state index contributed by atoms with van der Waals surface area (Å²) in [5.41, 5.74) is 0.994. The molecule has 0 aliphatic heterocycles. The minimum atomic E-state index is -0.907. The van der Waals surface area contributed by atoms with Crippen molar-refractivity contribution in [2.24, 2.45) is 0 Å². The standard InChI is InChI=1S/C12H18N2O2/c1-4-9(5-2)14(3)11-8-13-7-6-10(11)12(15)16/h6-9H,4-5H2,1-3H3,(H,15,16). The van der Waals surface area contributed by atoms with Gasteiger partial charge in [-0.3, -0.25) is 4.98 Å². The van der Waals surface area contributed by atoms with Crippen molar-refractivity contribution in [3.05, 3.63) is 24.0 Å². The molecule has 4 nitrogen and oxygen atoms in total. The van der Waals surface area contributed by atoms with Crippen LogP contribution in [0.5, 0.6) is 0 Å². The van der Waals surface area contributed by atoms with Crippen LogP contribution in [0.15, 0.2) is 18.5 Å². The minimum absolute atomic E-state index is 0.310. The summed E-state index contributed by atoms with van der Waals surface area (Å²) in [6.45, 7) is 4.20. The average Bonchev–Trinajstić information content (AvgIpc) is 2.30. The summed E-state index contributed by atoms with van der Waals surface area (Å²) in [7, 11) is 1.92. The van der Waals surface area contributed by atoms with E-state index in [-0.39, 0.29) is 0 Å². The van der Waals surface area contributed by atoms with Crippen LogP contribution in [-0.2, 0) is 0 Å². The van der Waals surface area contributed by atoms with Crippen molar-refractivity contribution in [3.8, 4) is 0 Å². The van der Waals surface area contributed by atoms with E-state index >= 15 is 0 Å². The fourth-order valence-corrected chi connectivity index (χ4v) is 1.88. The first-order valence-corrected chi connectivity index (χ1v) is 5.51. The van der Waals surface area contributed by atoms with Gasteiger partial charge in [-0.05, 0) is 18.9 Å². The topological polar surface area (TPSA) is 53.4 Å². The molecule has 16 heavy (non-hydrogen) atoms. The number of aromatic carboxylic acids is 1. The summed E-state index contributed by atoms with van der Waals surface area (Å²) in [5.74, 6) is -0.907. The summed E-state index contributed by atoms with van der Waals surface area (Å²) in [6, 6.07) is 1.89. The molecule has 0 aliphatic carbocycles. The molecule has 1 rings (SSSR count). The number of anilines is 1. The zero-order chi connectivity index (χ0) is 12.1. The minimum Gasteiger partial charge on any atom is -0.478 e. The molecule has 0 amide bonds. The molecule has 4 heteroatoms. The number of carbonyl (C=O) groups is 1. The molecule has 0 fully saturated rings. The highest BCUT2D eigenvalue weighted by Crippen LogP contribution is 2.22. The highest BCUT2D eigenvalue weighted by Gasteiger charge is 2.17. The van der Waals surface area contributed by atoms with Crippen molar-refractivity contribution >= 4 is 11.7 Å². The molecule has 0 saturated heterocycles. The smallest absolute Gasteiger partial charge is 0.337 e. The van der Waals surface area contributed by atoms with Crippen LogP contribution in [0.3, 0.4) is 0 Å². The molecule has 1 heterocycles. The maximum Gasteiger partial charge on any atom is 0.337 e. The lowest BCUT2D eigenvalue weighted by molar-refractivity contribution is 0.0697. The Morgan fingerprint density at radius 2 is 2.12 bits per heavy atom. The van der Waals surface area contributed by atoms with Gasteiger partial charge in [0.05, 0.1) is 17.4 Å². The summed E-state index contributed by atoms with van der Waals surface area (Å²) in [5, 5.41) is 9.09. The van der Waals surface area contributed by atoms with Crippen molar-refractivity contribution in [2.75, 3.05) is 11.9 Å². The second kappa shape index (κ2) is 5.49. The Balaban J connectivity index is 3.07. The molecule has 0 radical (unpaired) electrons. The van der Waals surface area contributed by atoms with Gasteiger partial charge in [-0.15, -0.1) is 0 Å². The summed E-state index contributed by atoms with van der Waals surface area (Å²) in [6.07, 6.45) is 5.09. The Bertz CT molecular complexity index is 362. The van der Waals surface area contributed by atoms with E-state index in [0.29, 0.717) is 17.3 Å². The average molecular weight is 222 g/mol. The first kappa shape index (κ1) is 12.5. The molecule has 1 aromatic rings. The number of rotatable bonds is 5. The zero-order valence-electron chi connectivity index (χ0n) is 9.97. The maximum atomic E-state index is 11.1. The number of aromatic nitrogens is 1. The predicted octanol–water partition coefficient (Wildman–Crippen LogP) is 2.40. The third kappa shape index (κ3) is 2.51. The van der Waals surface area contributed by atoms with Gasteiger partial charge in [0.25, 0.3) is 0 Å². The number of pyridine rings is 1. The molecule has 0 aliphatic rings. The number of nitrogens with zero attached hydrogens (tertiary/aromatic N) is 2. The third-order valence-corrected chi connectivity index (χ3v) is 2.90. The number of hydrogen-bond donors (Lipinski definition) is 1. The molecule has 0 atom stereocenters. The van der Waals surface area contributed by atoms with E-state index in [2.05, 4.69) is 18.8 Å². The van der Waals surface area contributed by atoms with Gasteiger partial charge >= 0.3 is 5.97 Å². The molecule has 1 aromatic heterocycles. The third-order valence-electron chi connectivity index (χ3n) is 2.90. The van der Waals surface area contributed by atoms with E-state index in [1.54, 1.807) is 6.20 Å². The van der Waals surface area contributed by atoms with Gasteiger partial charge in [0.2, 0.25) is 0 Å².